The molecule has 0 aliphatic rings. The van der Waals surface area contributed by atoms with Crippen LogP contribution in [0.15, 0.2) is 42.6 Å². The molecule has 4 heteroatoms. The predicted molar refractivity (Wildman–Crippen MR) is 76.9 cm³/mol. The standard InChI is InChI=1S/C15H18FN3/c1-3-19(15-6-4-5-12(16)9-15)11-14-10-13(17-2)7-8-18-14/h4-10H,3,11H2,1-2H3,(H,17,18). The molecule has 0 saturated heterocycles. The lowest BCUT2D eigenvalue weighted by Gasteiger charge is -2.23. The molecule has 19 heavy (non-hydrogen) atoms. The number of pyridine rings is 1. The van der Waals surface area contributed by atoms with Crippen LogP contribution >= 0.6 is 0 Å². The van der Waals surface area contributed by atoms with Crippen molar-refractivity contribution in [2.45, 2.75) is 13.5 Å². The van der Waals surface area contributed by atoms with Crippen LogP contribution in [0.1, 0.15) is 12.6 Å². The van der Waals surface area contributed by atoms with Gasteiger partial charge in [-0.05, 0) is 37.3 Å². The lowest BCUT2D eigenvalue weighted by molar-refractivity contribution is 0.626. The smallest absolute Gasteiger partial charge is 0.125 e. The van der Waals surface area contributed by atoms with Crippen LogP contribution < -0.4 is 10.2 Å². The average Bonchev–Trinajstić information content (AvgIpc) is 2.45. The van der Waals surface area contributed by atoms with E-state index in [2.05, 4.69) is 15.2 Å². The molecule has 0 aliphatic heterocycles. The predicted octanol–water partition coefficient (Wildman–Crippen LogP) is 3.29. The SMILES string of the molecule is CCN(Cc1cc(NC)ccn1)c1cccc(F)c1. The van der Waals surface area contributed by atoms with E-state index in [0.29, 0.717) is 6.54 Å². The van der Waals surface area contributed by atoms with Gasteiger partial charge < -0.3 is 10.2 Å². The van der Waals surface area contributed by atoms with E-state index in [-0.39, 0.29) is 5.82 Å². The molecule has 1 N–H and O–H groups in total. The van der Waals surface area contributed by atoms with Crippen molar-refractivity contribution in [1.29, 1.82) is 0 Å². The van der Waals surface area contributed by atoms with Crippen LogP contribution in [0, 0.1) is 5.82 Å². The quantitative estimate of drug-likeness (QED) is 0.893. The second kappa shape index (κ2) is 6.18. The topological polar surface area (TPSA) is 28.2 Å². The van der Waals surface area contributed by atoms with Crippen molar-refractivity contribution < 1.29 is 4.39 Å². The van der Waals surface area contributed by atoms with Crippen molar-refractivity contribution in [3.8, 4) is 0 Å². The summed E-state index contributed by atoms with van der Waals surface area (Å²) in [5, 5.41) is 3.09. The van der Waals surface area contributed by atoms with Crippen molar-refractivity contribution in [2.75, 3.05) is 23.8 Å². The number of nitrogens with zero attached hydrogens (tertiary/aromatic N) is 2. The minimum absolute atomic E-state index is 0.215. The molecule has 1 aromatic carbocycles. The van der Waals surface area contributed by atoms with Gasteiger partial charge in [-0.25, -0.2) is 4.39 Å². The molecule has 0 saturated carbocycles. The van der Waals surface area contributed by atoms with Crippen LogP contribution in [0.25, 0.3) is 0 Å². The maximum absolute atomic E-state index is 13.3. The van der Waals surface area contributed by atoms with E-state index in [9.17, 15) is 4.39 Å². The lowest BCUT2D eigenvalue weighted by Crippen LogP contribution is -2.22. The van der Waals surface area contributed by atoms with E-state index in [0.717, 1.165) is 23.6 Å². The number of anilines is 2. The van der Waals surface area contributed by atoms with E-state index >= 15 is 0 Å². The molecule has 0 amide bonds. The Labute approximate surface area is 113 Å². The Morgan fingerprint density at radius 1 is 1.26 bits per heavy atom. The molecular formula is C15H18FN3. The highest BCUT2D eigenvalue weighted by molar-refractivity contribution is 5.48. The Bertz CT molecular complexity index is 542. The molecule has 0 atom stereocenters. The molecular weight excluding hydrogens is 241 g/mol. The third-order valence-electron chi connectivity index (χ3n) is 3.01. The fraction of sp³-hybridized carbons (Fsp3) is 0.267. The average molecular weight is 259 g/mol. The normalized spacial score (nSPS) is 10.3. The zero-order chi connectivity index (χ0) is 13.7. The van der Waals surface area contributed by atoms with Crippen LogP contribution in [0.4, 0.5) is 15.8 Å². The summed E-state index contributed by atoms with van der Waals surface area (Å²) in [5.41, 5.74) is 2.86. The molecule has 0 spiro atoms. The van der Waals surface area contributed by atoms with Crippen molar-refractivity contribution in [3.05, 3.63) is 54.1 Å². The summed E-state index contributed by atoms with van der Waals surface area (Å²) in [6, 6.07) is 10.6. The van der Waals surface area contributed by atoms with Gasteiger partial charge in [0.05, 0.1) is 12.2 Å². The maximum atomic E-state index is 13.3. The second-order valence-electron chi connectivity index (χ2n) is 4.28. The van der Waals surface area contributed by atoms with Crippen molar-refractivity contribution in [1.82, 2.24) is 4.98 Å². The molecule has 0 unspecified atom stereocenters. The van der Waals surface area contributed by atoms with Gasteiger partial charge in [0.15, 0.2) is 0 Å². The summed E-state index contributed by atoms with van der Waals surface area (Å²) in [6.07, 6.45) is 1.78. The Morgan fingerprint density at radius 3 is 2.79 bits per heavy atom. The number of nitrogens with one attached hydrogen (secondary N) is 1. The summed E-state index contributed by atoms with van der Waals surface area (Å²) in [5.74, 6) is -0.215. The minimum Gasteiger partial charge on any atom is -0.388 e. The van der Waals surface area contributed by atoms with E-state index < -0.39 is 0 Å². The highest BCUT2D eigenvalue weighted by atomic mass is 19.1. The Hall–Kier alpha value is -2.10. The zero-order valence-electron chi connectivity index (χ0n) is 11.2. The van der Waals surface area contributed by atoms with Gasteiger partial charge >= 0.3 is 0 Å². The lowest BCUT2D eigenvalue weighted by atomic mass is 10.2. The Kier molecular flexibility index (Phi) is 4.34. The first-order chi connectivity index (χ1) is 9.22. The fourth-order valence-corrected chi connectivity index (χ4v) is 1.97. The van der Waals surface area contributed by atoms with Gasteiger partial charge in [0.2, 0.25) is 0 Å². The van der Waals surface area contributed by atoms with E-state index in [1.807, 2.05) is 32.2 Å². The van der Waals surface area contributed by atoms with Crippen LogP contribution in [0.2, 0.25) is 0 Å². The number of benzene rings is 1. The van der Waals surface area contributed by atoms with Gasteiger partial charge in [0, 0.05) is 31.2 Å². The number of halogens is 1. The van der Waals surface area contributed by atoms with Crippen molar-refractivity contribution in [2.24, 2.45) is 0 Å². The van der Waals surface area contributed by atoms with Gasteiger partial charge in [-0.1, -0.05) is 6.07 Å². The van der Waals surface area contributed by atoms with E-state index in [4.69, 9.17) is 0 Å². The summed E-state index contributed by atoms with van der Waals surface area (Å²) in [7, 11) is 1.88. The largest absolute Gasteiger partial charge is 0.388 e. The molecule has 3 nitrogen and oxygen atoms in total. The van der Waals surface area contributed by atoms with Gasteiger partial charge in [-0.15, -0.1) is 0 Å². The van der Waals surface area contributed by atoms with Gasteiger partial charge in [0.1, 0.15) is 5.82 Å². The zero-order valence-corrected chi connectivity index (χ0v) is 11.2. The summed E-state index contributed by atoms with van der Waals surface area (Å²) in [4.78, 5) is 6.44. The second-order valence-corrected chi connectivity index (χ2v) is 4.28. The van der Waals surface area contributed by atoms with Crippen molar-refractivity contribution >= 4 is 11.4 Å². The first-order valence-electron chi connectivity index (χ1n) is 6.36. The molecule has 2 aromatic rings. The third-order valence-corrected chi connectivity index (χ3v) is 3.01. The summed E-state index contributed by atoms with van der Waals surface area (Å²) < 4.78 is 13.3. The first kappa shape index (κ1) is 13.3. The highest BCUT2D eigenvalue weighted by Crippen LogP contribution is 2.18. The molecule has 0 aliphatic carbocycles. The molecule has 100 valence electrons. The van der Waals surface area contributed by atoms with Crippen molar-refractivity contribution in [3.63, 3.8) is 0 Å². The molecule has 1 aromatic heterocycles. The molecule has 2 rings (SSSR count). The van der Waals surface area contributed by atoms with Crippen LogP contribution in [0.5, 0.6) is 0 Å². The van der Waals surface area contributed by atoms with Crippen LogP contribution in [0.3, 0.4) is 0 Å². The van der Waals surface area contributed by atoms with Gasteiger partial charge in [-0.2, -0.15) is 0 Å². The number of hydrogen-bond donors (Lipinski definition) is 1. The number of aromatic nitrogens is 1. The maximum Gasteiger partial charge on any atom is 0.125 e. The summed E-state index contributed by atoms with van der Waals surface area (Å²) in [6.45, 7) is 3.51. The third kappa shape index (κ3) is 3.44. The van der Waals surface area contributed by atoms with E-state index in [1.54, 1.807) is 18.3 Å². The van der Waals surface area contributed by atoms with Gasteiger partial charge in [-0.3, -0.25) is 4.98 Å². The minimum atomic E-state index is -0.215. The fourth-order valence-electron chi connectivity index (χ4n) is 1.97. The molecule has 0 fully saturated rings. The van der Waals surface area contributed by atoms with E-state index in [1.165, 1.54) is 6.07 Å². The van der Waals surface area contributed by atoms with Gasteiger partial charge in [0.25, 0.3) is 0 Å². The highest BCUT2D eigenvalue weighted by Gasteiger charge is 2.07. The summed E-state index contributed by atoms with van der Waals surface area (Å²) >= 11 is 0. The number of rotatable bonds is 5. The molecule has 0 bridgehead atoms. The Morgan fingerprint density at radius 2 is 2.11 bits per heavy atom. The van der Waals surface area contributed by atoms with Crippen LogP contribution in [-0.2, 0) is 6.54 Å². The molecule has 0 radical (unpaired) electrons. The molecule has 1 heterocycles. The Balaban J connectivity index is 2.18. The monoisotopic (exact) mass is 259 g/mol. The first-order valence-corrected chi connectivity index (χ1v) is 6.36. The number of hydrogen-bond acceptors (Lipinski definition) is 3. The van der Waals surface area contributed by atoms with Crippen LogP contribution in [-0.4, -0.2) is 18.6 Å².